The van der Waals surface area contributed by atoms with Crippen LogP contribution in [-0.2, 0) is 10.0 Å². The average Bonchev–Trinajstić information content (AvgIpc) is 2.50. The van der Waals surface area contributed by atoms with Gasteiger partial charge in [0.05, 0.1) is 30.0 Å². The molecule has 1 aromatic rings. The van der Waals surface area contributed by atoms with Crippen LogP contribution in [0.25, 0.3) is 0 Å². The summed E-state index contributed by atoms with van der Waals surface area (Å²) in [6.45, 7) is 2.00. The third-order valence-corrected chi connectivity index (χ3v) is 4.45. The van der Waals surface area contributed by atoms with Crippen LogP contribution in [0.2, 0.25) is 0 Å². The summed E-state index contributed by atoms with van der Waals surface area (Å²) in [5.74, 6) is 0.486. The lowest BCUT2D eigenvalue weighted by molar-refractivity contribution is 0.0950. The summed E-state index contributed by atoms with van der Waals surface area (Å²) < 4.78 is 30.5. The van der Waals surface area contributed by atoms with Crippen LogP contribution in [0, 0.1) is 6.92 Å². The molecule has 1 rings (SSSR count). The molecule has 1 amide bonds. The first-order chi connectivity index (χ1) is 11.2. The van der Waals surface area contributed by atoms with E-state index in [9.17, 15) is 13.2 Å². The van der Waals surface area contributed by atoms with Gasteiger partial charge in [0.25, 0.3) is 5.91 Å². The highest BCUT2D eigenvalue weighted by Crippen LogP contribution is 2.27. The molecule has 0 aliphatic carbocycles. The van der Waals surface area contributed by atoms with Crippen LogP contribution in [0.4, 0.5) is 5.69 Å². The number of hydrogen-bond acceptors (Lipinski definition) is 4. The minimum Gasteiger partial charge on any atom is -0.496 e. The number of sulfonamides is 1. The van der Waals surface area contributed by atoms with Crippen molar-refractivity contribution < 1.29 is 17.9 Å². The molecule has 0 fully saturated rings. The number of methoxy groups -OCH3 is 1. The van der Waals surface area contributed by atoms with E-state index in [1.54, 1.807) is 13.0 Å². The molecule has 2 N–H and O–H groups in total. The molecule has 1 aromatic carbocycles. The molecule has 6 nitrogen and oxygen atoms in total. The Labute approximate surface area is 152 Å². The lowest BCUT2D eigenvalue weighted by atomic mass is 10.1. The smallest absolute Gasteiger partial charge is 0.255 e. The number of rotatable bonds is 9. The highest BCUT2D eigenvalue weighted by molar-refractivity contribution is 7.92. The zero-order valence-electron chi connectivity index (χ0n) is 13.9. The van der Waals surface area contributed by atoms with E-state index < -0.39 is 10.0 Å². The molecule has 9 heteroatoms. The summed E-state index contributed by atoms with van der Waals surface area (Å²) in [7, 11) is -2.01. The fourth-order valence-corrected chi connectivity index (χ4v) is 3.04. The summed E-state index contributed by atoms with van der Waals surface area (Å²) >= 11 is 11.7. The third-order valence-electron chi connectivity index (χ3n) is 3.22. The molecule has 0 aliphatic rings. The quantitative estimate of drug-likeness (QED) is 0.628. The van der Waals surface area contributed by atoms with Gasteiger partial charge in [0.2, 0.25) is 10.0 Å². The van der Waals surface area contributed by atoms with Crippen LogP contribution < -0.4 is 14.8 Å². The molecule has 0 saturated heterocycles. The second-order valence-electron chi connectivity index (χ2n) is 5.38. The van der Waals surface area contributed by atoms with Gasteiger partial charge >= 0.3 is 0 Å². The largest absolute Gasteiger partial charge is 0.496 e. The van der Waals surface area contributed by atoms with E-state index in [1.165, 1.54) is 13.2 Å². The maximum atomic E-state index is 12.4. The zero-order chi connectivity index (χ0) is 18.3. The monoisotopic (exact) mass is 396 g/mol. The fraction of sp³-hybridized carbons (Fsp3) is 0.533. The van der Waals surface area contributed by atoms with Gasteiger partial charge in [-0.15, -0.1) is 23.2 Å². The molecule has 136 valence electrons. The predicted molar refractivity (Wildman–Crippen MR) is 98.1 cm³/mol. The van der Waals surface area contributed by atoms with Gasteiger partial charge in [0.15, 0.2) is 0 Å². The summed E-state index contributed by atoms with van der Waals surface area (Å²) in [5, 5.41) is 2.50. The molecule has 0 heterocycles. The van der Waals surface area contributed by atoms with Gasteiger partial charge in [-0.1, -0.05) is 0 Å². The van der Waals surface area contributed by atoms with Crippen molar-refractivity contribution in [3.63, 3.8) is 0 Å². The maximum Gasteiger partial charge on any atom is 0.255 e. The summed E-state index contributed by atoms with van der Waals surface area (Å²) in [6.07, 6.45) is 2.50. The first kappa shape index (κ1) is 20.9. The molecule has 24 heavy (non-hydrogen) atoms. The number of nitrogens with one attached hydrogen (secondary N) is 2. The topological polar surface area (TPSA) is 84.5 Å². The van der Waals surface area contributed by atoms with Crippen molar-refractivity contribution in [1.82, 2.24) is 5.32 Å². The number of anilines is 1. The van der Waals surface area contributed by atoms with Crippen LogP contribution >= 0.6 is 23.2 Å². The molecule has 1 unspecified atom stereocenters. The number of alkyl halides is 2. The molecule has 0 bridgehead atoms. The van der Waals surface area contributed by atoms with Gasteiger partial charge in [0.1, 0.15) is 5.75 Å². The molecule has 0 aliphatic heterocycles. The van der Waals surface area contributed by atoms with E-state index in [2.05, 4.69) is 10.0 Å². The van der Waals surface area contributed by atoms with Gasteiger partial charge in [-0.25, -0.2) is 8.42 Å². The van der Waals surface area contributed by atoms with E-state index in [4.69, 9.17) is 27.9 Å². The molecule has 1 atom stereocenters. The Morgan fingerprint density at radius 3 is 2.58 bits per heavy atom. The summed E-state index contributed by atoms with van der Waals surface area (Å²) in [6, 6.07) is 3.06. The standard InChI is InChI=1S/C15H22Cl2N2O4S/c1-10-7-14(23-2)12(8-13(10)19-24(3,21)22)15(20)18-9-11(17)5-4-6-16/h7-8,11,19H,4-6,9H2,1-3H3,(H,18,20). The van der Waals surface area contributed by atoms with Crippen LogP contribution in [-0.4, -0.2) is 45.5 Å². The molecule has 0 spiro atoms. The van der Waals surface area contributed by atoms with E-state index in [0.717, 1.165) is 12.7 Å². The van der Waals surface area contributed by atoms with Crippen molar-refractivity contribution in [1.29, 1.82) is 0 Å². The fourth-order valence-electron chi connectivity index (χ4n) is 2.04. The van der Waals surface area contributed by atoms with E-state index >= 15 is 0 Å². The summed E-state index contributed by atoms with van der Waals surface area (Å²) in [5.41, 5.74) is 1.20. The Hall–Kier alpha value is -1.18. The van der Waals surface area contributed by atoms with Gasteiger partial charge < -0.3 is 10.1 Å². The normalized spacial score (nSPS) is 12.5. The minimum absolute atomic E-state index is 0.224. The lowest BCUT2D eigenvalue weighted by Gasteiger charge is -2.15. The molecule has 0 saturated carbocycles. The second-order valence-corrected chi connectivity index (χ2v) is 8.12. The summed E-state index contributed by atoms with van der Waals surface area (Å²) in [4.78, 5) is 12.4. The molecule has 0 radical (unpaired) electrons. The number of aryl methyl sites for hydroxylation is 1. The Morgan fingerprint density at radius 2 is 2.04 bits per heavy atom. The Balaban J connectivity index is 2.95. The van der Waals surface area contributed by atoms with Crippen molar-refractivity contribution in [3.05, 3.63) is 23.3 Å². The van der Waals surface area contributed by atoms with Crippen molar-refractivity contribution in [3.8, 4) is 5.75 Å². The van der Waals surface area contributed by atoms with Crippen molar-refractivity contribution in [2.45, 2.75) is 25.1 Å². The third kappa shape index (κ3) is 6.75. The first-order valence-electron chi connectivity index (χ1n) is 7.32. The maximum absolute atomic E-state index is 12.4. The number of carbonyl (C=O) groups is 1. The average molecular weight is 397 g/mol. The van der Waals surface area contributed by atoms with Gasteiger partial charge in [-0.2, -0.15) is 0 Å². The molecular weight excluding hydrogens is 375 g/mol. The highest BCUT2D eigenvalue weighted by atomic mass is 35.5. The van der Waals surface area contributed by atoms with E-state index in [0.29, 0.717) is 29.3 Å². The van der Waals surface area contributed by atoms with Gasteiger partial charge in [0, 0.05) is 12.4 Å². The van der Waals surface area contributed by atoms with Crippen LogP contribution in [0.3, 0.4) is 0 Å². The number of ether oxygens (including phenoxy) is 1. The highest BCUT2D eigenvalue weighted by Gasteiger charge is 2.17. The van der Waals surface area contributed by atoms with Crippen molar-refractivity contribution >= 4 is 44.8 Å². The van der Waals surface area contributed by atoms with Crippen molar-refractivity contribution in [2.75, 3.05) is 30.5 Å². The predicted octanol–water partition coefficient (Wildman–Crippen LogP) is 2.73. The van der Waals surface area contributed by atoms with Gasteiger partial charge in [-0.05, 0) is 37.5 Å². The minimum atomic E-state index is -3.45. The van der Waals surface area contributed by atoms with Crippen LogP contribution in [0.5, 0.6) is 5.75 Å². The lowest BCUT2D eigenvalue weighted by Crippen LogP contribution is -2.30. The molecule has 0 aromatic heterocycles. The SMILES string of the molecule is COc1cc(C)c(NS(C)(=O)=O)cc1C(=O)NCC(Cl)CCCCl. The number of hydrogen-bond donors (Lipinski definition) is 2. The Bertz CT molecular complexity index is 680. The molecular formula is C15H22Cl2N2O4S. The number of carbonyl (C=O) groups excluding carboxylic acids is 1. The van der Waals surface area contributed by atoms with Crippen LogP contribution in [0.15, 0.2) is 12.1 Å². The van der Waals surface area contributed by atoms with E-state index in [1.807, 2.05) is 0 Å². The van der Waals surface area contributed by atoms with E-state index in [-0.39, 0.29) is 23.4 Å². The number of halogens is 2. The Kier molecular flexibility index (Phi) is 8.12. The first-order valence-corrected chi connectivity index (χ1v) is 10.2. The van der Waals surface area contributed by atoms with Gasteiger partial charge in [-0.3, -0.25) is 9.52 Å². The number of benzene rings is 1. The zero-order valence-corrected chi connectivity index (χ0v) is 16.2. The van der Waals surface area contributed by atoms with Crippen molar-refractivity contribution in [2.24, 2.45) is 0 Å². The number of amides is 1. The Morgan fingerprint density at radius 1 is 1.38 bits per heavy atom. The van der Waals surface area contributed by atoms with Crippen LogP contribution in [0.1, 0.15) is 28.8 Å². The second kappa shape index (κ2) is 9.34.